The molecule has 0 aromatic heterocycles. The fourth-order valence-corrected chi connectivity index (χ4v) is 6.19. The lowest BCUT2D eigenvalue weighted by atomic mass is 9.91. The van der Waals surface area contributed by atoms with Gasteiger partial charge in [0.25, 0.3) is 10.0 Å². The number of rotatable bonds is 4. The maximum Gasteiger partial charge on any atom is 0.266 e. The van der Waals surface area contributed by atoms with Crippen molar-refractivity contribution in [3.8, 4) is 11.1 Å². The number of hydrogen-bond acceptors (Lipinski definition) is 5. The first kappa shape index (κ1) is 20.8. The second-order valence-electron chi connectivity index (χ2n) is 8.40. The van der Waals surface area contributed by atoms with E-state index >= 15 is 0 Å². The van der Waals surface area contributed by atoms with Gasteiger partial charge in [-0.05, 0) is 48.2 Å². The van der Waals surface area contributed by atoms with Gasteiger partial charge in [-0.3, -0.25) is 9.89 Å². The van der Waals surface area contributed by atoms with E-state index in [0.717, 1.165) is 43.3 Å². The molecule has 2 heterocycles. The van der Waals surface area contributed by atoms with Crippen LogP contribution in [0, 0.1) is 0 Å². The summed E-state index contributed by atoms with van der Waals surface area (Å²) in [4.78, 5) is 9.54. The maximum absolute atomic E-state index is 13.4. The minimum atomic E-state index is -3.65. The Hall–Kier alpha value is -2.09. The van der Waals surface area contributed by atoms with Crippen LogP contribution in [0.2, 0.25) is 5.02 Å². The fourth-order valence-electron chi connectivity index (χ4n) is 4.56. The van der Waals surface area contributed by atoms with Crippen LogP contribution >= 0.6 is 11.6 Å². The number of guanidine groups is 1. The predicted octanol–water partition coefficient (Wildman–Crippen LogP) is 3.54. The molecule has 0 unspecified atom stereocenters. The molecule has 2 fully saturated rings. The van der Waals surface area contributed by atoms with Crippen molar-refractivity contribution in [3.63, 3.8) is 0 Å². The lowest BCUT2D eigenvalue weighted by Gasteiger charge is -2.44. The first-order valence-corrected chi connectivity index (χ1v) is 12.8. The molecule has 0 bridgehead atoms. The largest absolute Gasteiger partial charge is 0.339 e. The molecule has 1 saturated heterocycles. The average molecular weight is 459 g/mol. The summed E-state index contributed by atoms with van der Waals surface area (Å²) in [5, 5.41) is 0.657. The van der Waals surface area contributed by atoms with Gasteiger partial charge in [0, 0.05) is 37.2 Å². The van der Waals surface area contributed by atoms with Crippen LogP contribution in [0.1, 0.15) is 19.3 Å². The summed E-state index contributed by atoms with van der Waals surface area (Å²) in [7, 11) is -3.65. The minimum absolute atomic E-state index is 0.293. The molecule has 164 valence electrons. The molecule has 3 aliphatic rings. The molecule has 5 rings (SSSR count). The topological polar surface area (TPSA) is 56.2 Å². The number of halogens is 1. The summed E-state index contributed by atoms with van der Waals surface area (Å²) in [5.41, 5.74) is 1.90. The van der Waals surface area contributed by atoms with Crippen LogP contribution in [0.3, 0.4) is 0 Å². The van der Waals surface area contributed by atoms with Gasteiger partial charge in [0.05, 0.1) is 18.0 Å². The normalized spacial score (nSPS) is 20.6. The zero-order chi connectivity index (χ0) is 21.4. The number of sulfonamides is 1. The summed E-state index contributed by atoms with van der Waals surface area (Å²) in [6.45, 7) is 4.52. The maximum atomic E-state index is 13.4. The van der Waals surface area contributed by atoms with Gasteiger partial charge in [-0.2, -0.15) is 0 Å². The molecule has 0 atom stereocenters. The van der Waals surface area contributed by atoms with E-state index in [-0.39, 0.29) is 0 Å². The highest BCUT2D eigenvalue weighted by molar-refractivity contribution is 7.89. The van der Waals surface area contributed by atoms with E-state index in [2.05, 4.69) is 14.8 Å². The van der Waals surface area contributed by atoms with Gasteiger partial charge in [0.15, 0.2) is 0 Å². The molecular formula is C23H27ClN4O2S. The molecule has 31 heavy (non-hydrogen) atoms. The van der Waals surface area contributed by atoms with Crippen LogP contribution in [0.15, 0.2) is 58.4 Å². The average Bonchev–Trinajstić information content (AvgIpc) is 3.24. The quantitative estimate of drug-likeness (QED) is 0.703. The molecule has 2 aliphatic heterocycles. The molecule has 0 radical (unpaired) electrons. The first-order valence-electron chi connectivity index (χ1n) is 10.9. The Labute approximate surface area is 189 Å². The van der Waals surface area contributed by atoms with Crippen LogP contribution < -0.4 is 0 Å². The fraction of sp³-hybridized carbons (Fsp3) is 0.435. The Bertz CT molecular complexity index is 1080. The molecule has 8 heteroatoms. The summed E-state index contributed by atoms with van der Waals surface area (Å²) < 4.78 is 28.3. The molecular weight excluding hydrogens is 432 g/mol. The van der Waals surface area contributed by atoms with E-state index in [4.69, 9.17) is 11.6 Å². The van der Waals surface area contributed by atoms with Crippen LogP contribution in [0.25, 0.3) is 11.1 Å². The van der Waals surface area contributed by atoms with Gasteiger partial charge in [-0.1, -0.05) is 42.3 Å². The van der Waals surface area contributed by atoms with Crippen molar-refractivity contribution in [3.05, 3.63) is 53.6 Å². The van der Waals surface area contributed by atoms with E-state index in [1.54, 1.807) is 12.1 Å². The van der Waals surface area contributed by atoms with E-state index in [1.807, 2.05) is 36.4 Å². The van der Waals surface area contributed by atoms with Gasteiger partial charge in [0.2, 0.25) is 5.96 Å². The van der Waals surface area contributed by atoms with Crippen molar-refractivity contribution in [1.29, 1.82) is 0 Å². The Balaban J connectivity index is 1.31. The molecule has 1 aliphatic carbocycles. The third kappa shape index (κ3) is 4.06. The smallest absolute Gasteiger partial charge is 0.266 e. The number of aliphatic imine (C=N–C) groups is 1. The lowest BCUT2D eigenvalue weighted by molar-refractivity contribution is 0.0833. The monoisotopic (exact) mass is 458 g/mol. The lowest BCUT2D eigenvalue weighted by Crippen LogP contribution is -2.56. The van der Waals surface area contributed by atoms with Crippen molar-refractivity contribution in [2.75, 3.05) is 39.3 Å². The second kappa shape index (κ2) is 8.45. The Kier molecular flexibility index (Phi) is 5.67. The number of piperazine rings is 1. The van der Waals surface area contributed by atoms with Gasteiger partial charge in [0.1, 0.15) is 0 Å². The predicted molar refractivity (Wildman–Crippen MR) is 124 cm³/mol. The standard InChI is InChI=1S/C23H27ClN4O2S/c24-20-4-1-3-19(17-20)18-7-9-22(10-8-18)31(29,30)28-12-11-25-23(28)27-15-13-26(14-16-27)21-5-2-6-21/h1,3-4,7-10,17,21H,2,5-6,11-16H2. The Morgan fingerprint density at radius 2 is 1.65 bits per heavy atom. The van der Waals surface area contributed by atoms with Crippen molar-refractivity contribution in [2.24, 2.45) is 4.99 Å². The third-order valence-electron chi connectivity index (χ3n) is 6.57. The minimum Gasteiger partial charge on any atom is -0.339 e. The third-order valence-corrected chi connectivity index (χ3v) is 8.60. The van der Waals surface area contributed by atoms with E-state index in [0.29, 0.717) is 29.0 Å². The van der Waals surface area contributed by atoms with E-state index in [9.17, 15) is 8.42 Å². The highest BCUT2D eigenvalue weighted by atomic mass is 35.5. The van der Waals surface area contributed by atoms with E-state index < -0.39 is 10.0 Å². The van der Waals surface area contributed by atoms with Crippen molar-refractivity contribution >= 4 is 27.6 Å². The van der Waals surface area contributed by atoms with Gasteiger partial charge in [-0.15, -0.1) is 0 Å². The Morgan fingerprint density at radius 1 is 0.903 bits per heavy atom. The van der Waals surface area contributed by atoms with Gasteiger partial charge < -0.3 is 4.90 Å². The molecule has 0 N–H and O–H groups in total. The number of hydrogen-bond donors (Lipinski definition) is 0. The van der Waals surface area contributed by atoms with Crippen molar-refractivity contribution < 1.29 is 8.42 Å². The molecule has 0 spiro atoms. The Morgan fingerprint density at radius 3 is 2.29 bits per heavy atom. The summed E-state index contributed by atoms with van der Waals surface area (Å²) in [5.74, 6) is 0.604. The molecule has 0 amide bonds. The highest BCUT2D eigenvalue weighted by Gasteiger charge is 2.36. The van der Waals surface area contributed by atoms with Gasteiger partial charge >= 0.3 is 0 Å². The van der Waals surface area contributed by atoms with Crippen LogP contribution in [0.5, 0.6) is 0 Å². The second-order valence-corrected chi connectivity index (χ2v) is 10.7. The summed E-state index contributed by atoms with van der Waals surface area (Å²) >= 11 is 6.09. The van der Waals surface area contributed by atoms with Crippen LogP contribution in [0.4, 0.5) is 0 Å². The molecule has 6 nitrogen and oxygen atoms in total. The van der Waals surface area contributed by atoms with Crippen LogP contribution in [-0.2, 0) is 10.0 Å². The van der Waals surface area contributed by atoms with Gasteiger partial charge in [-0.25, -0.2) is 12.7 Å². The first-order chi connectivity index (χ1) is 15.0. The molecule has 1 saturated carbocycles. The van der Waals surface area contributed by atoms with Crippen LogP contribution in [-0.4, -0.2) is 73.8 Å². The van der Waals surface area contributed by atoms with Crippen molar-refractivity contribution in [2.45, 2.75) is 30.2 Å². The number of benzene rings is 2. The zero-order valence-corrected chi connectivity index (χ0v) is 19.0. The highest BCUT2D eigenvalue weighted by Crippen LogP contribution is 2.28. The molecule has 2 aromatic rings. The summed E-state index contributed by atoms with van der Waals surface area (Å²) in [6.07, 6.45) is 3.93. The zero-order valence-electron chi connectivity index (χ0n) is 17.5. The number of nitrogens with zero attached hydrogens (tertiary/aromatic N) is 4. The SMILES string of the molecule is O=S(=O)(c1ccc(-c2cccc(Cl)c2)cc1)N1CCN=C1N1CCN(C2CCC2)CC1. The molecule has 2 aromatic carbocycles. The van der Waals surface area contributed by atoms with E-state index in [1.165, 1.54) is 23.6 Å². The summed E-state index contributed by atoms with van der Waals surface area (Å²) in [6, 6.07) is 15.3. The van der Waals surface area contributed by atoms with Crippen molar-refractivity contribution in [1.82, 2.24) is 14.1 Å².